The zero-order chi connectivity index (χ0) is 10.1. The number of hydrogen-bond donors (Lipinski definition) is 0. The summed E-state index contributed by atoms with van der Waals surface area (Å²) in [5.74, 6) is 0.703. The van der Waals surface area contributed by atoms with Crippen LogP contribution in [-0.4, -0.2) is 12.7 Å². The van der Waals surface area contributed by atoms with Gasteiger partial charge in [0.25, 0.3) is 0 Å². The Hall–Kier alpha value is -0.550. The van der Waals surface area contributed by atoms with Crippen LogP contribution in [0.15, 0.2) is 0 Å². The molecule has 2 nitrogen and oxygen atoms in total. The van der Waals surface area contributed by atoms with Crippen molar-refractivity contribution in [3.63, 3.8) is 0 Å². The Morgan fingerprint density at radius 1 is 1.23 bits per heavy atom. The van der Waals surface area contributed by atoms with E-state index >= 15 is 0 Å². The first kappa shape index (κ1) is 12.4. The van der Waals surface area contributed by atoms with Gasteiger partial charge >= 0.3 is 0 Å². The van der Waals surface area contributed by atoms with Crippen LogP contribution in [0.1, 0.15) is 46.5 Å². The van der Waals surface area contributed by atoms with E-state index in [-0.39, 0.29) is 0 Å². The average Bonchev–Trinajstić information content (AvgIpc) is 2.02. The van der Waals surface area contributed by atoms with Crippen molar-refractivity contribution in [3.8, 4) is 6.07 Å². The SMILES string of the molecule is CC(C)CC(C)OCCCCC#N. The van der Waals surface area contributed by atoms with Gasteiger partial charge < -0.3 is 4.74 Å². The van der Waals surface area contributed by atoms with E-state index in [1.54, 1.807) is 0 Å². The van der Waals surface area contributed by atoms with Crippen LogP contribution in [0.2, 0.25) is 0 Å². The van der Waals surface area contributed by atoms with Crippen LogP contribution in [0.3, 0.4) is 0 Å². The molecule has 0 aromatic carbocycles. The fourth-order valence-corrected chi connectivity index (χ4v) is 1.32. The van der Waals surface area contributed by atoms with Crippen molar-refractivity contribution in [1.29, 1.82) is 5.26 Å². The number of ether oxygens (including phenoxy) is 1. The molecule has 0 amide bonds. The van der Waals surface area contributed by atoms with Crippen LogP contribution in [0.4, 0.5) is 0 Å². The maximum Gasteiger partial charge on any atom is 0.0621 e. The molecular formula is C11H21NO. The van der Waals surface area contributed by atoms with Gasteiger partial charge in [-0.2, -0.15) is 5.26 Å². The number of rotatable bonds is 7. The Morgan fingerprint density at radius 2 is 1.92 bits per heavy atom. The maximum atomic E-state index is 8.30. The van der Waals surface area contributed by atoms with Crippen molar-refractivity contribution in [1.82, 2.24) is 0 Å². The van der Waals surface area contributed by atoms with E-state index < -0.39 is 0 Å². The molecular weight excluding hydrogens is 162 g/mol. The van der Waals surface area contributed by atoms with Crippen LogP contribution in [-0.2, 0) is 4.74 Å². The molecule has 0 aromatic heterocycles. The van der Waals surface area contributed by atoms with Crippen molar-refractivity contribution >= 4 is 0 Å². The van der Waals surface area contributed by atoms with Crippen LogP contribution >= 0.6 is 0 Å². The molecule has 76 valence electrons. The van der Waals surface area contributed by atoms with Crippen LogP contribution in [0.25, 0.3) is 0 Å². The van der Waals surface area contributed by atoms with Gasteiger partial charge in [-0.15, -0.1) is 0 Å². The summed E-state index contributed by atoms with van der Waals surface area (Å²) in [5, 5.41) is 8.30. The van der Waals surface area contributed by atoms with E-state index in [4.69, 9.17) is 10.00 Å². The Bertz CT molecular complexity index is 149. The lowest BCUT2D eigenvalue weighted by molar-refractivity contribution is 0.0498. The summed E-state index contributed by atoms with van der Waals surface area (Å²) < 4.78 is 5.59. The molecule has 0 radical (unpaired) electrons. The third-order valence-corrected chi connectivity index (χ3v) is 1.89. The Labute approximate surface area is 81.9 Å². The molecule has 1 unspecified atom stereocenters. The monoisotopic (exact) mass is 183 g/mol. The Balaban J connectivity index is 3.18. The maximum absolute atomic E-state index is 8.30. The molecule has 13 heavy (non-hydrogen) atoms. The quantitative estimate of drug-likeness (QED) is 0.568. The normalized spacial score (nSPS) is 12.8. The second-order valence-corrected chi connectivity index (χ2v) is 3.93. The summed E-state index contributed by atoms with van der Waals surface area (Å²) >= 11 is 0. The Morgan fingerprint density at radius 3 is 2.46 bits per heavy atom. The minimum atomic E-state index is 0.363. The molecule has 0 aromatic rings. The summed E-state index contributed by atoms with van der Waals surface area (Å²) in [6, 6.07) is 2.13. The lowest BCUT2D eigenvalue weighted by atomic mass is 10.1. The average molecular weight is 183 g/mol. The molecule has 0 aliphatic carbocycles. The van der Waals surface area contributed by atoms with E-state index in [1.807, 2.05) is 0 Å². The molecule has 1 atom stereocenters. The first-order chi connectivity index (χ1) is 6.16. The van der Waals surface area contributed by atoms with E-state index in [0.717, 1.165) is 25.9 Å². The zero-order valence-electron chi connectivity index (χ0n) is 9.05. The van der Waals surface area contributed by atoms with Crippen molar-refractivity contribution in [3.05, 3.63) is 0 Å². The molecule has 0 aliphatic heterocycles. The van der Waals surface area contributed by atoms with E-state index in [1.165, 1.54) is 0 Å². The molecule has 0 bridgehead atoms. The molecule has 0 N–H and O–H groups in total. The van der Waals surface area contributed by atoms with E-state index in [0.29, 0.717) is 18.4 Å². The van der Waals surface area contributed by atoms with Gasteiger partial charge in [0.15, 0.2) is 0 Å². The highest BCUT2D eigenvalue weighted by Gasteiger charge is 2.04. The highest BCUT2D eigenvalue weighted by Crippen LogP contribution is 2.08. The van der Waals surface area contributed by atoms with Gasteiger partial charge in [0.2, 0.25) is 0 Å². The molecule has 0 saturated carbocycles. The topological polar surface area (TPSA) is 33.0 Å². The van der Waals surface area contributed by atoms with Crippen molar-refractivity contribution in [2.75, 3.05) is 6.61 Å². The number of hydrogen-bond acceptors (Lipinski definition) is 2. The highest BCUT2D eigenvalue weighted by molar-refractivity contribution is 4.67. The van der Waals surface area contributed by atoms with Gasteiger partial charge in [-0.1, -0.05) is 13.8 Å². The summed E-state index contributed by atoms with van der Waals surface area (Å²) in [7, 11) is 0. The summed E-state index contributed by atoms with van der Waals surface area (Å²) in [5.41, 5.74) is 0. The molecule has 0 fully saturated rings. The van der Waals surface area contributed by atoms with Crippen LogP contribution < -0.4 is 0 Å². The second-order valence-electron chi connectivity index (χ2n) is 3.93. The largest absolute Gasteiger partial charge is 0.378 e. The second kappa shape index (κ2) is 8.07. The zero-order valence-corrected chi connectivity index (χ0v) is 9.05. The fraction of sp³-hybridized carbons (Fsp3) is 0.909. The van der Waals surface area contributed by atoms with E-state index in [9.17, 15) is 0 Å². The van der Waals surface area contributed by atoms with E-state index in [2.05, 4.69) is 26.8 Å². The van der Waals surface area contributed by atoms with Gasteiger partial charge in [0, 0.05) is 13.0 Å². The molecule has 0 saturated heterocycles. The van der Waals surface area contributed by atoms with Crippen molar-refractivity contribution < 1.29 is 4.74 Å². The van der Waals surface area contributed by atoms with Gasteiger partial charge in [-0.25, -0.2) is 0 Å². The van der Waals surface area contributed by atoms with Crippen molar-refractivity contribution in [2.24, 2.45) is 5.92 Å². The summed E-state index contributed by atoms with van der Waals surface area (Å²) in [6.45, 7) is 7.32. The predicted octanol–water partition coefficient (Wildman–Crippen LogP) is 3.13. The molecule has 0 aliphatic rings. The number of nitrogens with zero attached hydrogens (tertiary/aromatic N) is 1. The third kappa shape index (κ3) is 9.36. The molecule has 0 heterocycles. The van der Waals surface area contributed by atoms with Gasteiger partial charge in [0.1, 0.15) is 0 Å². The van der Waals surface area contributed by atoms with Gasteiger partial charge in [0.05, 0.1) is 12.2 Å². The minimum absolute atomic E-state index is 0.363. The first-order valence-corrected chi connectivity index (χ1v) is 5.15. The fourth-order valence-electron chi connectivity index (χ4n) is 1.32. The lowest BCUT2D eigenvalue weighted by Gasteiger charge is -2.14. The predicted molar refractivity (Wildman–Crippen MR) is 54.3 cm³/mol. The highest BCUT2D eigenvalue weighted by atomic mass is 16.5. The third-order valence-electron chi connectivity index (χ3n) is 1.89. The first-order valence-electron chi connectivity index (χ1n) is 5.15. The standard InChI is InChI=1S/C11H21NO/c1-10(2)9-11(3)13-8-6-4-5-7-12/h10-11H,4-6,8-9H2,1-3H3. The molecule has 2 heteroatoms. The Kier molecular flexibility index (Phi) is 7.73. The smallest absolute Gasteiger partial charge is 0.0621 e. The molecule has 0 rings (SSSR count). The summed E-state index contributed by atoms with van der Waals surface area (Å²) in [6.07, 6.45) is 4.11. The van der Waals surface area contributed by atoms with Crippen LogP contribution in [0, 0.1) is 17.2 Å². The van der Waals surface area contributed by atoms with Gasteiger partial charge in [-0.05, 0) is 32.1 Å². The van der Waals surface area contributed by atoms with Crippen molar-refractivity contribution in [2.45, 2.75) is 52.6 Å². The number of unbranched alkanes of at least 4 members (excludes halogenated alkanes) is 2. The molecule has 0 spiro atoms. The minimum Gasteiger partial charge on any atom is -0.378 e. The van der Waals surface area contributed by atoms with Crippen LogP contribution in [0.5, 0.6) is 0 Å². The number of nitriles is 1. The lowest BCUT2D eigenvalue weighted by Crippen LogP contribution is -2.11. The summed E-state index contributed by atoms with van der Waals surface area (Å²) in [4.78, 5) is 0. The van der Waals surface area contributed by atoms with Gasteiger partial charge in [-0.3, -0.25) is 0 Å².